The maximum absolute atomic E-state index is 12.8. The summed E-state index contributed by atoms with van der Waals surface area (Å²) < 4.78 is 56.3. The number of carbonyl (C=O) groups is 3. The molecular formula is C46H44ClN3O9S2. The van der Waals surface area contributed by atoms with Crippen LogP contribution in [0.2, 0.25) is 5.02 Å². The topological polar surface area (TPSA) is 196 Å². The summed E-state index contributed by atoms with van der Waals surface area (Å²) >= 11 is 5.83. The Hall–Kier alpha value is -6.48. The smallest absolute Gasteiger partial charge is 0.335 e. The van der Waals surface area contributed by atoms with Gasteiger partial charge in [-0.15, -0.1) is 0 Å². The van der Waals surface area contributed by atoms with E-state index >= 15 is 0 Å². The van der Waals surface area contributed by atoms with Crippen molar-refractivity contribution in [2.45, 2.75) is 55.2 Å². The van der Waals surface area contributed by atoms with Crippen molar-refractivity contribution in [2.24, 2.45) is 0 Å². The highest BCUT2D eigenvalue weighted by atomic mass is 35.5. The Morgan fingerprint density at radius 1 is 0.525 bits per heavy atom. The molecule has 0 radical (unpaired) electrons. The van der Waals surface area contributed by atoms with Gasteiger partial charge >= 0.3 is 11.9 Å². The van der Waals surface area contributed by atoms with E-state index in [1.165, 1.54) is 55.5 Å². The third-order valence-electron chi connectivity index (χ3n) is 9.30. The number of amides is 1. The number of carboxylic acid groups (broad SMARTS) is 2. The lowest BCUT2D eigenvalue weighted by Crippen LogP contribution is -2.14. The minimum absolute atomic E-state index is 0.0897. The van der Waals surface area contributed by atoms with Crippen LogP contribution in [0, 0.1) is 0 Å². The number of benzene rings is 6. The molecule has 0 fully saturated rings. The van der Waals surface area contributed by atoms with Crippen LogP contribution in [-0.4, -0.2) is 44.9 Å². The Kier molecular flexibility index (Phi) is 15.8. The van der Waals surface area contributed by atoms with Crippen LogP contribution in [0.1, 0.15) is 62.7 Å². The molecule has 6 aromatic carbocycles. The summed E-state index contributed by atoms with van der Waals surface area (Å²) in [5, 5.41) is 21.3. The number of hydrogen-bond donors (Lipinski definition) is 5. The standard InChI is InChI=1S/C24H24N2O5S.C22H20ClNO4S/c1-17(27)25-21-12-14-22(15-13-21)32(30,31)26-23-11-3-2-8-19(23)9-4-6-18-7-5-10-20(16-18)24(28)29;23-19-11-13-20(14-12-19)29(27,28)24-21-10-2-1-7-17(21)8-3-5-16-6-4-9-18(15-16)22(25)26/h2-3,5,7-8,10-16,26H,4,6,9H2,1H3,(H,25,27)(H,28,29);1-2,4,6-7,9-15,24H,3,5,8H2,(H,25,26). The predicted octanol–water partition coefficient (Wildman–Crippen LogP) is 9.33. The number of halogens is 1. The van der Waals surface area contributed by atoms with Gasteiger partial charge in [0.05, 0.1) is 32.3 Å². The molecule has 0 spiro atoms. The lowest BCUT2D eigenvalue weighted by Gasteiger charge is -2.13. The largest absolute Gasteiger partial charge is 0.478 e. The van der Waals surface area contributed by atoms with Crippen LogP contribution in [-0.2, 0) is 50.5 Å². The zero-order valence-electron chi connectivity index (χ0n) is 33.0. The normalized spacial score (nSPS) is 11.1. The molecule has 61 heavy (non-hydrogen) atoms. The number of carboxylic acids is 2. The van der Waals surface area contributed by atoms with Crippen LogP contribution in [0.3, 0.4) is 0 Å². The van der Waals surface area contributed by atoms with E-state index in [0.717, 1.165) is 35.1 Å². The van der Waals surface area contributed by atoms with Gasteiger partial charge in [0.25, 0.3) is 20.0 Å². The number of para-hydroxylation sites is 2. The molecule has 0 aliphatic rings. The first-order valence-electron chi connectivity index (χ1n) is 19.1. The van der Waals surface area contributed by atoms with E-state index in [4.69, 9.17) is 21.8 Å². The van der Waals surface area contributed by atoms with E-state index in [1.807, 2.05) is 36.4 Å². The molecule has 0 atom stereocenters. The molecule has 0 saturated carbocycles. The van der Waals surface area contributed by atoms with Crippen LogP contribution in [0.4, 0.5) is 17.1 Å². The number of nitrogens with one attached hydrogen (secondary N) is 3. The van der Waals surface area contributed by atoms with Crippen LogP contribution >= 0.6 is 11.6 Å². The van der Waals surface area contributed by atoms with E-state index in [-0.39, 0.29) is 26.8 Å². The van der Waals surface area contributed by atoms with Gasteiger partial charge in [-0.3, -0.25) is 14.2 Å². The Balaban J connectivity index is 0.000000232. The van der Waals surface area contributed by atoms with Crippen molar-refractivity contribution in [2.75, 3.05) is 14.8 Å². The summed E-state index contributed by atoms with van der Waals surface area (Å²) in [7, 11) is -7.52. The van der Waals surface area contributed by atoms with Gasteiger partial charge < -0.3 is 15.5 Å². The molecule has 0 aliphatic carbocycles. The summed E-state index contributed by atoms with van der Waals surface area (Å²) in [6.07, 6.45) is 4.12. The summed E-state index contributed by atoms with van der Waals surface area (Å²) in [4.78, 5) is 33.6. The Labute approximate surface area is 360 Å². The molecule has 0 heterocycles. The highest BCUT2D eigenvalue weighted by Crippen LogP contribution is 2.25. The van der Waals surface area contributed by atoms with E-state index in [1.54, 1.807) is 60.7 Å². The van der Waals surface area contributed by atoms with E-state index in [9.17, 15) is 31.2 Å². The molecule has 316 valence electrons. The van der Waals surface area contributed by atoms with Crippen molar-refractivity contribution in [3.05, 3.63) is 184 Å². The van der Waals surface area contributed by atoms with Gasteiger partial charge in [-0.2, -0.15) is 0 Å². The molecule has 5 N–H and O–H groups in total. The Morgan fingerprint density at radius 3 is 1.34 bits per heavy atom. The van der Waals surface area contributed by atoms with Gasteiger partial charge in [-0.1, -0.05) is 72.3 Å². The van der Waals surface area contributed by atoms with Gasteiger partial charge in [0.2, 0.25) is 5.91 Å². The molecule has 0 aliphatic heterocycles. The number of hydrogen-bond acceptors (Lipinski definition) is 7. The van der Waals surface area contributed by atoms with Crippen LogP contribution in [0.15, 0.2) is 155 Å². The third-order valence-corrected chi connectivity index (χ3v) is 12.3. The summed E-state index contributed by atoms with van der Waals surface area (Å²) in [6, 6.07) is 40.0. The van der Waals surface area contributed by atoms with Gasteiger partial charge in [0.1, 0.15) is 0 Å². The molecule has 1 amide bonds. The molecule has 6 rings (SSSR count). The highest BCUT2D eigenvalue weighted by Gasteiger charge is 2.18. The van der Waals surface area contributed by atoms with E-state index in [0.29, 0.717) is 47.8 Å². The van der Waals surface area contributed by atoms with Crippen molar-refractivity contribution in [3.8, 4) is 0 Å². The highest BCUT2D eigenvalue weighted by molar-refractivity contribution is 7.93. The molecule has 0 saturated heterocycles. The summed E-state index contributed by atoms with van der Waals surface area (Å²) in [5.74, 6) is -2.15. The zero-order valence-corrected chi connectivity index (χ0v) is 35.4. The lowest BCUT2D eigenvalue weighted by atomic mass is 10.0. The zero-order chi connectivity index (χ0) is 44.0. The molecular weight excluding hydrogens is 838 g/mol. The van der Waals surface area contributed by atoms with Crippen LogP contribution in [0.5, 0.6) is 0 Å². The number of anilines is 3. The second-order valence-electron chi connectivity index (χ2n) is 13.9. The monoisotopic (exact) mass is 881 g/mol. The van der Waals surface area contributed by atoms with Crippen LogP contribution in [0.25, 0.3) is 0 Å². The molecule has 0 aromatic heterocycles. The predicted molar refractivity (Wildman–Crippen MR) is 238 cm³/mol. The summed E-state index contributed by atoms with van der Waals surface area (Å²) in [6.45, 7) is 1.38. The van der Waals surface area contributed by atoms with Gasteiger partial charge in [0.15, 0.2) is 0 Å². The van der Waals surface area contributed by atoms with Gasteiger partial charge in [0, 0.05) is 17.6 Å². The fourth-order valence-corrected chi connectivity index (χ4v) is 8.63. The maximum Gasteiger partial charge on any atom is 0.335 e. The first kappa shape index (κ1) is 45.6. The average molecular weight is 882 g/mol. The van der Waals surface area contributed by atoms with Crippen molar-refractivity contribution in [3.63, 3.8) is 0 Å². The third kappa shape index (κ3) is 13.8. The number of carbonyl (C=O) groups excluding carboxylic acids is 1. The maximum atomic E-state index is 12.8. The first-order chi connectivity index (χ1) is 29.1. The van der Waals surface area contributed by atoms with Gasteiger partial charge in [-0.25, -0.2) is 26.4 Å². The minimum atomic E-state index is -3.80. The SMILES string of the molecule is CC(=O)Nc1ccc(S(=O)(=O)Nc2ccccc2CCCc2cccc(C(=O)O)c2)cc1.O=C(O)c1cccc(CCCc2ccccc2NS(=O)(=O)c2ccc(Cl)cc2)c1. The lowest BCUT2D eigenvalue weighted by molar-refractivity contribution is -0.114. The fourth-order valence-electron chi connectivity index (χ4n) is 6.30. The van der Waals surface area contributed by atoms with Crippen LogP contribution < -0.4 is 14.8 Å². The molecule has 0 unspecified atom stereocenters. The second kappa shape index (κ2) is 21.2. The molecule has 6 aromatic rings. The summed E-state index contributed by atoms with van der Waals surface area (Å²) in [5.41, 5.74) is 5.63. The number of sulfonamides is 2. The number of aryl methyl sites for hydroxylation is 4. The quantitative estimate of drug-likeness (QED) is 0.0593. The molecule has 0 bridgehead atoms. The second-order valence-corrected chi connectivity index (χ2v) is 17.7. The molecule has 12 nitrogen and oxygen atoms in total. The Bertz CT molecular complexity index is 2710. The van der Waals surface area contributed by atoms with Crippen molar-refractivity contribution in [1.29, 1.82) is 0 Å². The first-order valence-corrected chi connectivity index (χ1v) is 22.4. The number of aromatic carboxylic acids is 2. The Morgan fingerprint density at radius 2 is 0.934 bits per heavy atom. The average Bonchev–Trinajstić information content (AvgIpc) is 3.22. The van der Waals surface area contributed by atoms with Crippen molar-refractivity contribution >= 4 is 66.6 Å². The fraction of sp³-hybridized carbons (Fsp3) is 0.152. The molecule has 15 heteroatoms. The van der Waals surface area contributed by atoms with E-state index in [2.05, 4.69) is 14.8 Å². The van der Waals surface area contributed by atoms with Crippen molar-refractivity contribution in [1.82, 2.24) is 0 Å². The minimum Gasteiger partial charge on any atom is -0.478 e. The van der Waals surface area contributed by atoms with E-state index < -0.39 is 32.0 Å². The van der Waals surface area contributed by atoms with Gasteiger partial charge in [-0.05, 0) is 146 Å². The van der Waals surface area contributed by atoms with Crippen molar-refractivity contribution < 1.29 is 41.4 Å². The number of rotatable bonds is 17.